The molecule has 0 aromatic heterocycles. The van der Waals surface area contributed by atoms with E-state index in [1.54, 1.807) is 0 Å². The normalized spacial score (nSPS) is 10.0. The Labute approximate surface area is 63.4 Å². The molecule has 0 aromatic rings. The third-order valence-electron chi connectivity index (χ3n) is 0.144. The molecule has 0 rings (SSSR count). The Morgan fingerprint density at radius 2 is 1.71 bits per heavy atom. The molecule has 0 aliphatic carbocycles. The molecular formula is H3N2NaO3S. The van der Waals surface area contributed by atoms with Crippen molar-refractivity contribution in [3.8, 4) is 0 Å². The van der Waals surface area contributed by atoms with Crippen LogP contribution in [0.15, 0.2) is 0 Å². The molecular weight excluding hydrogens is 131 g/mol. The van der Waals surface area contributed by atoms with E-state index in [9.17, 15) is 13.0 Å². The second-order valence-electron chi connectivity index (χ2n) is 0.572. The fraction of sp³-hybridized carbons (Fsp3) is 0. The van der Waals surface area contributed by atoms with E-state index in [0.29, 0.717) is 0 Å². The van der Waals surface area contributed by atoms with Crippen molar-refractivity contribution in [2.75, 3.05) is 0 Å². The van der Waals surface area contributed by atoms with Crippen LogP contribution in [0.2, 0.25) is 0 Å². The van der Waals surface area contributed by atoms with Gasteiger partial charge in [-0.15, -0.1) is 0 Å². The van der Waals surface area contributed by atoms with Crippen molar-refractivity contribution in [2.45, 2.75) is 0 Å². The quantitative estimate of drug-likeness (QED) is 0.162. The Bertz CT molecular complexity index is 115. The largest absolute Gasteiger partial charge is 1.00 e. The van der Waals surface area contributed by atoms with E-state index in [1.165, 1.54) is 0 Å². The Hall–Kier alpha value is 0.830. The van der Waals surface area contributed by atoms with Gasteiger partial charge in [0.1, 0.15) is 0 Å². The minimum atomic E-state index is -4.38. The molecule has 0 aliphatic heterocycles. The van der Waals surface area contributed by atoms with Crippen LogP contribution >= 0.6 is 0 Å². The number of hydrazine groups is 1. The van der Waals surface area contributed by atoms with Gasteiger partial charge < -0.3 is 4.55 Å². The maximum atomic E-state index is 9.21. The molecule has 0 heterocycles. The van der Waals surface area contributed by atoms with Gasteiger partial charge in [-0.1, -0.05) is 0 Å². The molecule has 0 unspecified atom stereocenters. The summed E-state index contributed by atoms with van der Waals surface area (Å²) in [6, 6.07) is 0. The van der Waals surface area contributed by atoms with Crippen molar-refractivity contribution < 1.29 is 42.5 Å². The third-order valence-corrected chi connectivity index (χ3v) is 0.433. The summed E-state index contributed by atoms with van der Waals surface area (Å²) in [4.78, 5) is 1.02. The molecule has 7 heavy (non-hydrogen) atoms. The molecule has 0 amide bonds. The van der Waals surface area contributed by atoms with Crippen LogP contribution in [0.5, 0.6) is 0 Å². The molecule has 0 saturated carbocycles. The Morgan fingerprint density at radius 1 is 1.57 bits per heavy atom. The molecule has 0 saturated heterocycles. The first kappa shape index (κ1) is 10.7. The first-order valence-electron chi connectivity index (χ1n) is 0.993. The number of hydrogen-bond acceptors (Lipinski definition) is 4. The van der Waals surface area contributed by atoms with Gasteiger partial charge in [-0.25, -0.2) is 8.42 Å². The molecule has 5 nitrogen and oxygen atoms in total. The van der Waals surface area contributed by atoms with E-state index in [0.717, 1.165) is 4.83 Å². The van der Waals surface area contributed by atoms with E-state index >= 15 is 0 Å². The Morgan fingerprint density at radius 3 is 1.71 bits per heavy atom. The van der Waals surface area contributed by atoms with Crippen LogP contribution in [0.3, 0.4) is 0 Å². The Kier molecular flexibility index (Phi) is 5.81. The summed E-state index contributed by atoms with van der Waals surface area (Å²) in [5.41, 5.74) is 0. The van der Waals surface area contributed by atoms with Gasteiger partial charge in [-0.05, 0) is 0 Å². The van der Waals surface area contributed by atoms with E-state index in [1.807, 2.05) is 0 Å². The number of hydrogen-bond donors (Lipinski definition) is 2. The van der Waals surface area contributed by atoms with E-state index in [4.69, 9.17) is 0 Å². The van der Waals surface area contributed by atoms with Crippen LogP contribution in [-0.4, -0.2) is 13.0 Å². The average molecular weight is 134 g/mol. The van der Waals surface area contributed by atoms with Gasteiger partial charge >= 0.3 is 29.6 Å². The molecule has 0 spiro atoms. The second-order valence-corrected chi connectivity index (χ2v) is 1.72. The predicted molar refractivity (Wildman–Crippen MR) is 17.0 cm³/mol. The topological polar surface area (TPSA) is 95.2 Å². The summed E-state index contributed by atoms with van der Waals surface area (Å²) >= 11 is 0. The van der Waals surface area contributed by atoms with Crippen molar-refractivity contribution in [1.29, 1.82) is 0 Å². The molecule has 7 heteroatoms. The van der Waals surface area contributed by atoms with Crippen molar-refractivity contribution >= 4 is 10.3 Å². The maximum absolute atomic E-state index is 9.21. The monoisotopic (exact) mass is 134 g/mol. The molecule has 0 aliphatic rings. The van der Waals surface area contributed by atoms with Gasteiger partial charge in [0, 0.05) is 0 Å². The zero-order chi connectivity index (χ0) is 5.21. The van der Waals surface area contributed by atoms with Crippen LogP contribution in [0.4, 0.5) is 0 Å². The van der Waals surface area contributed by atoms with Crippen LogP contribution in [0, 0.1) is 0 Å². The summed E-state index contributed by atoms with van der Waals surface area (Å²) in [5, 5.41) is 0. The Balaban J connectivity index is 0. The second kappa shape index (κ2) is 3.79. The summed E-state index contributed by atoms with van der Waals surface area (Å²) < 4.78 is 27.6. The molecule has 0 fully saturated rings. The number of nitrogens with one attached hydrogen (secondary N) is 1. The zero-order valence-corrected chi connectivity index (χ0v) is 6.53. The maximum Gasteiger partial charge on any atom is 1.00 e. The first-order valence-corrected chi connectivity index (χ1v) is 2.40. The van der Waals surface area contributed by atoms with Crippen molar-refractivity contribution in [3.05, 3.63) is 0 Å². The zero-order valence-electron chi connectivity index (χ0n) is 3.71. The van der Waals surface area contributed by atoms with E-state index < -0.39 is 10.3 Å². The van der Waals surface area contributed by atoms with Gasteiger partial charge in [0.15, 0.2) is 10.3 Å². The van der Waals surface area contributed by atoms with E-state index in [-0.39, 0.29) is 29.6 Å². The van der Waals surface area contributed by atoms with Crippen molar-refractivity contribution in [1.82, 2.24) is 4.83 Å². The minimum absolute atomic E-state index is 0. The van der Waals surface area contributed by atoms with Crippen molar-refractivity contribution in [3.63, 3.8) is 0 Å². The summed E-state index contributed by atoms with van der Waals surface area (Å²) in [7, 11) is -4.38. The number of nitrogens with two attached hydrogens (primary N) is 1. The molecule has 3 N–H and O–H groups in total. The fourth-order valence-electron chi connectivity index (χ4n) is 0. The summed E-state index contributed by atoms with van der Waals surface area (Å²) in [5.74, 6) is 4.16. The fourth-order valence-corrected chi connectivity index (χ4v) is 0. The minimum Gasteiger partial charge on any atom is -0.735 e. The molecule has 0 radical (unpaired) electrons. The molecule has 0 atom stereocenters. The molecule has 38 valence electrons. The van der Waals surface area contributed by atoms with Gasteiger partial charge in [0.05, 0.1) is 0 Å². The van der Waals surface area contributed by atoms with E-state index in [2.05, 4.69) is 5.84 Å². The summed E-state index contributed by atoms with van der Waals surface area (Å²) in [6.07, 6.45) is 0. The van der Waals surface area contributed by atoms with Gasteiger partial charge in [-0.2, -0.15) is 4.83 Å². The third kappa shape index (κ3) is 10.9. The average Bonchev–Trinajstić information content (AvgIpc) is 1.35. The molecule has 0 aromatic carbocycles. The SMILES string of the molecule is NNS(=O)(=O)[O-].[Na+]. The van der Waals surface area contributed by atoms with Crippen LogP contribution < -0.4 is 40.2 Å². The van der Waals surface area contributed by atoms with Gasteiger partial charge in [0.25, 0.3) is 0 Å². The van der Waals surface area contributed by atoms with Crippen LogP contribution in [0.1, 0.15) is 0 Å². The van der Waals surface area contributed by atoms with Crippen LogP contribution in [-0.2, 0) is 10.3 Å². The standard InChI is InChI=1S/H4N2O3S.Na/c1-2-6(3,4)5;/h2H,1H2,(H,3,4,5);/q;+1/p-1. The predicted octanol–water partition coefficient (Wildman–Crippen LogP) is -5.09. The summed E-state index contributed by atoms with van der Waals surface area (Å²) in [6.45, 7) is 0. The first-order chi connectivity index (χ1) is 2.56. The molecule has 0 bridgehead atoms. The smallest absolute Gasteiger partial charge is 0.735 e. The van der Waals surface area contributed by atoms with Gasteiger partial charge in [0.2, 0.25) is 0 Å². The number of rotatable bonds is 1. The van der Waals surface area contributed by atoms with Crippen molar-refractivity contribution in [2.24, 2.45) is 5.84 Å². The van der Waals surface area contributed by atoms with Gasteiger partial charge in [-0.3, -0.25) is 5.84 Å². The van der Waals surface area contributed by atoms with Crippen LogP contribution in [0.25, 0.3) is 0 Å².